The van der Waals surface area contributed by atoms with Gasteiger partial charge in [0.15, 0.2) is 0 Å². The smallest absolute Gasteiger partial charge is 0.225 e. The van der Waals surface area contributed by atoms with Gasteiger partial charge in [0.25, 0.3) is 0 Å². The molecule has 0 saturated carbocycles. The van der Waals surface area contributed by atoms with E-state index in [1.165, 1.54) is 5.56 Å². The van der Waals surface area contributed by atoms with Crippen LogP contribution in [0.5, 0.6) is 0 Å². The van der Waals surface area contributed by atoms with Gasteiger partial charge in [0.1, 0.15) is 0 Å². The van der Waals surface area contributed by atoms with Crippen LogP contribution < -0.4 is 4.90 Å². The van der Waals surface area contributed by atoms with E-state index in [1.54, 1.807) is 0 Å². The molecule has 152 valence electrons. The number of hydrogen-bond acceptors (Lipinski definition) is 5. The second kappa shape index (κ2) is 8.13. The molecule has 3 heterocycles. The van der Waals surface area contributed by atoms with Gasteiger partial charge in [-0.1, -0.05) is 23.7 Å². The summed E-state index contributed by atoms with van der Waals surface area (Å²) in [4.78, 5) is 14.0. The fourth-order valence-corrected chi connectivity index (χ4v) is 4.27. The van der Waals surface area contributed by atoms with Crippen molar-refractivity contribution in [2.75, 3.05) is 25.5 Å². The number of halogens is 1. The van der Waals surface area contributed by atoms with Gasteiger partial charge in [-0.15, -0.1) is 0 Å². The van der Waals surface area contributed by atoms with E-state index in [2.05, 4.69) is 34.2 Å². The Morgan fingerprint density at radius 1 is 1.28 bits per heavy atom. The third-order valence-electron chi connectivity index (χ3n) is 5.51. The van der Waals surface area contributed by atoms with Crippen molar-refractivity contribution >= 4 is 17.5 Å². The Bertz CT molecular complexity index is 1010. The zero-order chi connectivity index (χ0) is 20.5. The average molecular weight is 411 g/mol. The number of likely N-dealkylation sites (tertiary alicyclic amines) is 1. The van der Waals surface area contributed by atoms with Crippen molar-refractivity contribution in [1.29, 1.82) is 0 Å². The second-order valence-electron chi connectivity index (χ2n) is 7.92. The minimum Gasteiger partial charge on any atom is -0.347 e. The molecular formula is C22H27ClN6. The van der Waals surface area contributed by atoms with E-state index in [-0.39, 0.29) is 6.04 Å². The molecule has 0 radical (unpaired) electrons. The van der Waals surface area contributed by atoms with Crippen LogP contribution >= 0.6 is 11.6 Å². The Labute approximate surface area is 177 Å². The quantitative estimate of drug-likeness (QED) is 0.629. The molecule has 0 amide bonds. The van der Waals surface area contributed by atoms with Crippen molar-refractivity contribution in [1.82, 2.24) is 24.6 Å². The highest BCUT2D eigenvalue weighted by molar-refractivity contribution is 6.30. The topological polar surface area (TPSA) is 50.1 Å². The van der Waals surface area contributed by atoms with E-state index in [9.17, 15) is 0 Å². The van der Waals surface area contributed by atoms with Crippen molar-refractivity contribution in [3.05, 3.63) is 58.6 Å². The predicted molar refractivity (Wildman–Crippen MR) is 117 cm³/mol. The summed E-state index contributed by atoms with van der Waals surface area (Å²) in [5.74, 6) is 0.732. The first-order chi connectivity index (χ1) is 13.9. The van der Waals surface area contributed by atoms with Gasteiger partial charge in [0.2, 0.25) is 5.95 Å². The summed E-state index contributed by atoms with van der Waals surface area (Å²) in [7, 11) is 5.93. The zero-order valence-corrected chi connectivity index (χ0v) is 18.2. The Morgan fingerprint density at radius 2 is 2.10 bits per heavy atom. The van der Waals surface area contributed by atoms with Gasteiger partial charge in [-0.25, -0.2) is 9.97 Å². The highest BCUT2D eigenvalue weighted by atomic mass is 35.5. The Morgan fingerprint density at radius 3 is 2.79 bits per heavy atom. The van der Waals surface area contributed by atoms with Gasteiger partial charge in [-0.3, -0.25) is 9.58 Å². The maximum absolute atomic E-state index is 6.28. The van der Waals surface area contributed by atoms with E-state index < -0.39 is 0 Å². The van der Waals surface area contributed by atoms with Crippen LogP contribution in [0.1, 0.15) is 35.8 Å². The van der Waals surface area contributed by atoms with E-state index in [1.807, 2.05) is 55.1 Å². The third kappa shape index (κ3) is 4.14. The molecule has 1 fully saturated rings. The fraction of sp³-hybridized carbons (Fsp3) is 0.409. The minimum absolute atomic E-state index is 0.241. The summed E-state index contributed by atoms with van der Waals surface area (Å²) in [5.41, 5.74) is 5.54. The molecular weight excluding hydrogens is 384 g/mol. The molecule has 3 aromatic rings. The molecule has 7 heteroatoms. The van der Waals surface area contributed by atoms with E-state index in [0.717, 1.165) is 59.4 Å². The largest absolute Gasteiger partial charge is 0.347 e. The molecule has 1 saturated heterocycles. The molecule has 1 aliphatic heterocycles. The molecule has 0 bridgehead atoms. The minimum atomic E-state index is 0.241. The Balaban J connectivity index is 1.74. The van der Waals surface area contributed by atoms with Gasteiger partial charge in [-0.2, -0.15) is 5.10 Å². The van der Waals surface area contributed by atoms with Crippen molar-refractivity contribution in [2.45, 2.75) is 32.4 Å². The van der Waals surface area contributed by atoms with Gasteiger partial charge in [0, 0.05) is 56.2 Å². The number of rotatable bonds is 5. The maximum atomic E-state index is 6.28. The van der Waals surface area contributed by atoms with Crippen molar-refractivity contribution in [3.8, 4) is 11.1 Å². The average Bonchev–Trinajstić information content (AvgIpc) is 3.27. The Kier molecular flexibility index (Phi) is 5.56. The van der Waals surface area contributed by atoms with Gasteiger partial charge in [-0.05, 0) is 44.0 Å². The van der Waals surface area contributed by atoms with Crippen molar-refractivity contribution in [2.24, 2.45) is 7.05 Å². The standard InChI is InChI=1S/C22H27ClN6/c1-15-17(13-28(4)26-15)14-29-10-6-9-20(29)21-19(12-24-22(25-21)27(2)3)16-7-5-8-18(23)11-16/h5,7-8,11-13,20H,6,9-10,14H2,1-4H3/t20-/m0/s1. The molecule has 1 atom stereocenters. The highest BCUT2D eigenvalue weighted by Gasteiger charge is 2.30. The molecule has 0 unspecified atom stereocenters. The number of aromatic nitrogens is 4. The van der Waals surface area contributed by atoms with Crippen LogP contribution in [-0.4, -0.2) is 45.3 Å². The first-order valence-electron chi connectivity index (χ1n) is 9.95. The van der Waals surface area contributed by atoms with Crippen molar-refractivity contribution < 1.29 is 0 Å². The van der Waals surface area contributed by atoms with Crippen LogP contribution in [0.25, 0.3) is 11.1 Å². The monoisotopic (exact) mass is 410 g/mol. The normalized spacial score (nSPS) is 17.1. The number of anilines is 1. The van der Waals surface area contributed by atoms with Crippen LogP contribution in [0, 0.1) is 6.92 Å². The molecule has 2 aromatic heterocycles. The Hall–Kier alpha value is -2.44. The molecule has 29 heavy (non-hydrogen) atoms. The summed E-state index contributed by atoms with van der Waals surface area (Å²) in [5, 5.41) is 5.23. The summed E-state index contributed by atoms with van der Waals surface area (Å²) < 4.78 is 1.89. The van der Waals surface area contributed by atoms with E-state index >= 15 is 0 Å². The summed E-state index contributed by atoms with van der Waals surface area (Å²) in [6.45, 7) is 4.00. The number of aryl methyl sites for hydroxylation is 2. The lowest BCUT2D eigenvalue weighted by atomic mass is 9.99. The molecule has 4 rings (SSSR count). The zero-order valence-electron chi connectivity index (χ0n) is 17.4. The highest BCUT2D eigenvalue weighted by Crippen LogP contribution is 2.38. The van der Waals surface area contributed by atoms with Gasteiger partial charge >= 0.3 is 0 Å². The van der Waals surface area contributed by atoms with Crippen LogP contribution in [0.4, 0.5) is 5.95 Å². The van der Waals surface area contributed by atoms with Crippen molar-refractivity contribution in [3.63, 3.8) is 0 Å². The number of hydrogen-bond donors (Lipinski definition) is 0. The second-order valence-corrected chi connectivity index (χ2v) is 8.35. The lowest BCUT2D eigenvalue weighted by Gasteiger charge is -2.26. The SMILES string of the molecule is Cc1nn(C)cc1CN1CCC[C@H]1c1nc(N(C)C)ncc1-c1cccc(Cl)c1. The first-order valence-corrected chi connectivity index (χ1v) is 10.3. The van der Waals surface area contributed by atoms with Crippen LogP contribution in [0.15, 0.2) is 36.7 Å². The summed E-state index contributed by atoms with van der Waals surface area (Å²) in [6.07, 6.45) is 6.29. The third-order valence-corrected chi connectivity index (χ3v) is 5.74. The maximum Gasteiger partial charge on any atom is 0.225 e. The lowest BCUT2D eigenvalue weighted by Crippen LogP contribution is -2.25. The number of benzene rings is 1. The van der Waals surface area contributed by atoms with Crippen LogP contribution in [0.3, 0.4) is 0 Å². The molecule has 0 N–H and O–H groups in total. The van der Waals surface area contributed by atoms with Crippen LogP contribution in [0.2, 0.25) is 5.02 Å². The molecule has 1 aromatic carbocycles. The number of nitrogens with zero attached hydrogens (tertiary/aromatic N) is 6. The molecule has 0 spiro atoms. The molecule has 0 aliphatic carbocycles. The molecule has 1 aliphatic rings. The predicted octanol–water partition coefficient (Wildman–Crippen LogP) is 4.24. The fourth-order valence-electron chi connectivity index (χ4n) is 4.08. The lowest BCUT2D eigenvalue weighted by molar-refractivity contribution is 0.244. The summed E-state index contributed by atoms with van der Waals surface area (Å²) >= 11 is 6.28. The van der Waals surface area contributed by atoms with E-state index in [4.69, 9.17) is 16.6 Å². The van der Waals surface area contributed by atoms with Crippen LogP contribution in [-0.2, 0) is 13.6 Å². The first kappa shape index (κ1) is 19.9. The van der Waals surface area contributed by atoms with Gasteiger partial charge in [0.05, 0.1) is 17.4 Å². The van der Waals surface area contributed by atoms with E-state index in [0.29, 0.717) is 0 Å². The molecule has 6 nitrogen and oxygen atoms in total. The van der Waals surface area contributed by atoms with Gasteiger partial charge < -0.3 is 4.90 Å². The summed E-state index contributed by atoms with van der Waals surface area (Å²) in [6, 6.07) is 8.18.